The zero-order valence-corrected chi connectivity index (χ0v) is 43.9. The van der Waals surface area contributed by atoms with Gasteiger partial charge in [-0.15, -0.1) is 0 Å². The zero-order valence-electron chi connectivity index (χ0n) is 43.9. The van der Waals surface area contributed by atoms with E-state index >= 15 is 0 Å². The minimum Gasteiger partial charge on any atom is -0.208 e. The van der Waals surface area contributed by atoms with Crippen molar-refractivity contribution in [3.8, 4) is 90.6 Å². The third-order valence-corrected chi connectivity index (χ3v) is 16.9. The summed E-state index contributed by atoms with van der Waals surface area (Å²) < 4.78 is 0. The molecule has 4 aliphatic carbocycles. The van der Waals surface area contributed by atoms with E-state index in [-0.39, 0.29) is 11.8 Å². The van der Waals surface area contributed by atoms with Crippen LogP contribution >= 0.6 is 0 Å². The summed E-state index contributed by atoms with van der Waals surface area (Å²) in [5.74, 6) is 3.82. The molecule has 2 aromatic heterocycles. The van der Waals surface area contributed by atoms with Gasteiger partial charge < -0.3 is 0 Å². The lowest BCUT2D eigenvalue weighted by atomic mass is 9.61. The Labute approximate surface area is 470 Å². The Balaban J connectivity index is 0.788. The van der Waals surface area contributed by atoms with Gasteiger partial charge in [0, 0.05) is 45.2 Å². The maximum Gasteiger partial charge on any atom is 0.164 e. The van der Waals surface area contributed by atoms with Crippen molar-refractivity contribution in [1.29, 1.82) is 0 Å². The molecular formula is C75H48N6. The van der Waals surface area contributed by atoms with Crippen molar-refractivity contribution in [2.45, 2.75) is 17.3 Å². The molecule has 0 N–H and O–H groups in total. The van der Waals surface area contributed by atoms with Crippen LogP contribution in [0.4, 0.5) is 0 Å². The van der Waals surface area contributed by atoms with E-state index in [1.165, 1.54) is 72.3 Å². The number of hydrogen-bond donors (Lipinski definition) is 0. The van der Waals surface area contributed by atoms with Crippen LogP contribution in [0.5, 0.6) is 0 Å². The number of hydrogen-bond acceptors (Lipinski definition) is 6. The first-order chi connectivity index (χ1) is 40.2. The van der Waals surface area contributed by atoms with Gasteiger partial charge in [0.05, 0.1) is 5.41 Å². The van der Waals surface area contributed by atoms with E-state index in [1.54, 1.807) is 0 Å². The number of aromatic nitrogens is 6. The van der Waals surface area contributed by atoms with Gasteiger partial charge >= 0.3 is 0 Å². The van der Waals surface area contributed by atoms with Crippen LogP contribution in [0.2, 0.25) is 0 Å². The Morgan fingerprint density at radius 3 is 1.00 bits per heavy atom. The zero-order chi connectivity index (χ0) is 53.4. The Morgan fingerprint density at radius 1 is 0.222 bits per heavy atom. The van der Waals surface area contributed by atoms with Gasteiger partial charge in [-0.2, -0.15) is 0 Å². The Hall–Kier alpha value is -10.6. The summed E-state index contributed by atoms with van der Waals surface area (Å²) in [6, 6.07) is 99.6. The number of fused-ring (bicyclic) bond motifs is 3. The van der Waals surface area contributed by atoms with Gasteiger partial charge in [-0.1, -0.05) is 267 Å². The molecular weight excluding hydrogens is 985 g/mol. The van der Waals surface area contributed by atoms with E-state index in [2.05, 4.69) is 224 Å². The summed E-state index contributed by atoms with van der Waals surface area (Å²) in [4.78, 5) is 31.0. The van der Waals surface area contributed by atoms with E-state index in [1.807, 2.05) is 54.6 Å². The van der Waals surface area contributed by atoms with Crippen molar-refractivity contribution >= 4 is 0 Å². The molecule has 17 rings (SSSR count). The molecule has 0 amide bonds. The van der Waals surface area contributed by atoms with Gasteiger partial charge in [-0.25, -0.2) is 29.9 Å². The quantitative estimate of drug-likeness (QED) is 0.143. The van der Waals surface area contributed by atoms with Crippen molar-refractivity contribution in [2.75, 3.05) is 0 Å². The fraction of sp³-hybridized carbons (Fsp3) is 0.0400. The van der Waals surface area contributed by atoms with Crippen molar-refractivity contribution in [2.24, 2.45) is 0 Å². The number of rotatable bonds is 9. The first-order valence-corrected chi connectivity index (χ1v) is 27.7. The van der Waals surface area contributed by atoms with Gasteiger partial charge in [0.2, 0.25) is 0 Å². The van der Waals surface area contributed by atoms with Crippen LogP contribution < -0.4 is 0 Å². The normalized spacial score (nSPS) is 14.8. The van der Waals surface area contributed by atoms with Gasteiger partial charge in [0.1, 0.15) is 0 Å². The monoisotopic (exact) mass is 1030 g/mol. The summed E-state index contributed by atoms with van der Waals surface area (Å²) in [6.45, 7) is 0. The molecule has 13 aromatic rings. The molecule has 11 aromatic carbocycles. The van der Waals surface area contributed by atoms with Gasteiger partial charge in [-0.05, 0) is 90.0 Å². The Kier molecular flexibility index (Phi) is 10.8. The lowest BCUT2D eigenvalue weighted by molar-refractivity contribution is 0.754. The highest BCUT2D eigenvalue weighted by atomic mass is 15.0. The Bertz CT molecular complexity index is 4470. The predicted octanol–water partition coefficient (Wildman–Crippen LogP) is 17.1. The van der Waals surface area contributed by atoms with E-state index in [9.17, 15) is 0 Å². The van der Waals surface area contributed by atoms with E-state index in [4.69, 9.17) is 29.9 Å². The fourth-order valence-corrected chi connectivity index (χ4v) is 13.3. The minimum absolute atomic E-state index is 0.00251. The second-order valence-corrected chi connectivity index (χ2v) is 21.2. The molecule has 0 spiro atoms. The molecule has 378 valence electrons. The topological polar surface area (TPSA) is 77.3 Å². The van der Waals surface area contributed by atoms with Crippen LogP contribution in [0.15, 0.2) is 279 Å². The molecule has 0 aliphatic heterocycles. The molecule has 6 nitrogen and oxygen atoms in total. The maximum atomic E-state index is 5.34. The molecule has 2 bridgehead atoms. The number of benzene rings is 11. The summed E-state index contributed by atoms with van der Waals surface area (Å²) >= 11 is 0. The largest absolute Gasteiger partial charge is 0.208 e. The molecule has 2 unspecified atom stereocenters. The van der Waals surface area contributed by atoms with Crippen LogP contribution in [0, 0.1) is 0 Å². The smallest absolute Gasteiger partial charge is 0.164 e. The summed E-state index contributed by atoms with van der Waals surface area (Å²) in [5.41, 5.74) is 22.8. The average molecular weight is 1030 g/mol. The lowest BCUT2D eigenvalue weighted by Gasteiger charge is -2.42. The van der Waals surface area contributed by atoms with Crippen LogP contribution in [0.25, 0.3) is 90.6 Å². The molecule has 6 heteroatoms. The van der Waals surface area contributed by atoms with Gasteiger partial charge in [0.25, 0.3) is 0 Å². The SMILES string of the molecule is c1ccc(-c2nc(-c3ccccc3)nc(-c3ccc4c(c3)C3c5ccccc5C4c4cc(-c5nc(-c6ccccc6)nc(-c6ccc(-c7cccc8c7-c7ccccc7C8(c7ccccc7)c7ccccc7)cc6)n5)ccc43)n2)cc1. The number of nitrogens with zero attached hydrogens (tertiary/aromatic N) is 6. The molecule has 81 heavy (non-hydrogen) atoms. The third kappa shape index (κ3) is 7.48. The third-order valence-electron chi connectivity index (χ3n) is 16.9. The van der Waals surface area contributed by atoms with Crippen molar-refractivity contribution in [3.63, 3.8) is 0 Å². The molecule has 4 aliphatic rings. The molecule has 2 heterocycles. The van der Waals surface area contributed by atoms with Crippen molar-refractivity contribution in [3.05, 3.63) is 335 Å². The fourth-order valence-electron chi connectivity index (χ4n) is 13.3. The van der Waals surface area contributed by atoms with E-state index in [0.29, 0.717) is 34.9 Å². The second kappa shape index (κ2) is 18.8. The minimum atomic E-state index is -0.483. The molecule has 0 saturated carbocycles. The molecule has 2 atom stereocenters. The predicted molar refractivity (Wildman–Crippen MR) is 323 cm³/mol. The molecule has 0 fully saturated rings. The van der Waals surface area contributed by atoms with Crippen LogP contribution in [0.3, 0.4) is 0 Å². The van der Waals surface area contributed by atoms with Crippen LogP contribution in [0.1, 0.15) is 67.5 Å². The van der Waals surface area contributed by atoms with E-state index < -0.39 is 5.41 Å². The van der Waals surface area contributed by atoms with Gasteiger partial charge in [-0.3, -0.25) is 0 Å². The Morgan fingerprint density at radius 2 is 0.543 bits per heavy atom. The first kappa shape index (κ1) is 46.5. The highest BCUT2D eigenvalue weighted by Crippen LogP contribution is 2.59. The highest BCUT2D eigenvalue weighted by molar-refractivity contribution is 5.95. The van der Waals surface area contributed by atoms with Crippen molar-refractivity contribution in [1.82, 2.24) is 29.9 Å². The maximum absolute atomic E-state index is 5.34. The summed E-state index contributed by atoms with van der Waals surface area (Å²) in [6.07, 6.45) is 0. The molecule has 0 saturated heterocycles. The van der Waals surface area contributed by atoms with Crippen molar-refractivity contribution < 1.29 is 0 Å². The lowest BCUT2D eigenvalue weighted by Crippen LogP contribution is -2.28. The molecule has 0 radical (unpaired) electrons. The second-order valence-electron chi connectivity index (χ2n) is 21.2. The first-order valence-electron chi connectivity index (χ1n) is 27.7. The average Bonchev–Trinajstić information content (AvgIpc) is 3.40. The summed E-state index contributed by atoms with van der Waals surface area (Å²) in [7, 11) is 0. The standard InChI is InChI=1S/C75H48N6/c1-6-21-48(22-7-1)69-76-70(49-23-8-2-9-24-49)79-73(78-69)52-41-43-59-62(45-52)66-57-31-16-17-32-58(57)67(59)63-46-53(42-44-60(63)66)74-80-71(50-25-10-3-11-26-50)77-72(81-74)51-39-37-47(38-40-51)56-34-20-36-65-68(56)61-33-18-19-35-64(61)75(65,54-27-12-4-13-28-54)55-29-14-5-15-30-55/h1-46,66-67H. The van der Waals surface area contributed by atoms with Crippen LogP contribution in [-0.4, -0.2) is 29.9 Å². The van der Waals surface area contributed by atoms with Gasteiger partial charge in [0.15, 0.2) is 34.9 Å². The van der Waals surface area contributed by atoms with E-state index in [0.717, 1.165) is 38.9 Å². The highest BCUT2D eigenvalue weighted by Gasteiger charge is 2.47. The summed E-state index contributed by atoms with van der Waals surface area (Å²) in [5, 5.41) is 0. The van der Waals surface area contributed by atoms with Crippen LogP contribution in [-0.2, 0) is 5.41 Å².